The maximum atomic E-state index is 11.7. The molecule has 0 aliphatic rings. The number of hydrogen-bond donors (Lipinski definition) is 0. The third kappa shape index (κ3) is 2.87. The van der Waals surface area contributed by atoms with E-state index >= 15 is 0 Å². The van der Waals surface area contributed by atoms with Gasteiger partial charge in [0.1, 0.15) is 11.3 Å². The maximum absolute atomic E-state index is 11.7. The van der Waals surface area contributed by atoms with Crippen LogP contribution in [0.1, 0.15) is 30.9 Å². The highest BCUT2D eigenvalue weighted by molar-refractivity contribution is 6.05. The van der Waals surface area contributed by atoms with E-state index in [-0.39, 0.29) is 16.5 Å². The number of hydrogen-bond acceptors (Lipinski definition) is 3. The lowest BCUT2D eigenvalue weighted by atomic mass is 9.91. The van der Waals surface area contributed by atoms with Gasteiger partial charge in [0.15, 0.2) is 0 Å². The summed E-state index contributed by atoms with van der Waals surface area (Å²) in [5.41, 5.74) is 5.19. The van der Waals surface area contributed by atoms with Crippen molar-refractivity contribution in [3.8, 4) is 22.5 Å². The Morgan fingerprint density at radius 2 is 1.50 bits per heavy atom. The topological polar surface area (TPSA) is 56.3 Å². The van der Waals surface area contributed by atoms with Crippen molar-refractivity contribution in [1.82, 2.24) is 0 Å². The lowest BCUT2D eigenvalue weighted by Gasteiger charge is -2.10. The van der Waals surface area contributed by atoms with Gasteiger partial charge in [0.2, 0.25) is 0 Å². The van der Waals surface area contributed by atoms with Crippen molar-refractivity contribution in [3.05, 3.63) is 88.0 Å². The SMILES string of the molecule is Cc1cc([N+](=O)[O-])c(C(C)C)c2oc(-c3ccccc3)c(-c3ccccc3)c12. The van der Waals surface area contributed by atoms with Gasteiger partial charge in [-0.3, -0.25) is 10.1 Å². The molecule has 0 amide bonds. The van der Waals surface area contributed by atoms with E-state index in [4.69, 9.17) is 4.42 Å². The smallest absolute Gasteiger partial charge is 0.276 e. The molecule has 0 saturated carbocycles. The average Bonchev–Trinajstić information content (AvgIpc) is 3.09. The number of benzene rings is 3. The van der Waals surface area contributed by atoms with Crippen LogP contribution in [-0.2, 0) is 0 Å². The minimum atomic E-state index is -0.311. The van der Waals surface area contributed by atoms with E-state index < -0.39 is 0 Å². The highest BCUT2D eigenvalue weighted by Gasteiger charge is 2.28. The Morgan fingerprint density at radius 3 is 2.04 bits per heavy atom. The Balaban J connectivity index is 2.19. The summed E-state index contributed by atoms with van der Waals surface area (Å²) in [6, 6.07) is 21.6. The monoisotopic (exact) mass is 371 g/mol. The van der Waals surface area contributed by atoms with Gasteiger partial charge in [-0.2, -0.15) is 0 Å². The Hall–Kier alpha value is -3.40. The Kier molecular flexibility index (Phi) is 4.47. The van der Waals surface area contributed by atoms with E-state index in [2.05, 4.69) is 0 Å². The molecule has 4 aromatic rings. The maximum Gasteiger partial charge on any atom is 0.276 e. The third-order valence-corrected chi connectivity index (χ3v) is 5.05. The molecular weight excluding hydrogens is 350 g/mol. The predicted molar refractivity (Wildman–Crippen MR) is 113 cm³/mol. The Morgan fingerprint density at radius 1 is 0.929 bits per heavy atom. The molecule has 0 aliphatic heterocycles. The van der Waals surface area contributed by atoms with Crippen LogP contribution in [0.4, 0.5) is 5.69 Å². The molecule has 0 fully saturated rings. The Labute approximate surface area is 163 Å². The molecule has 140 valence electrons. The minimum absolute atomic E-state index is 0.0399. The zero-order valence-electron chi connectivity index (χ0n) is 16.1. The molecule has 1 heterocycles. The lowest BCUT2D eigenvalue weighted by Crippen LogP contribution is -1.99. The molecule has 28 heavy (non-hydrogen) atoms. The molecule has 0 saturated heterocycles. The summed E-state index contributed by atoms with van der Waals surface area (Å²) in [4.78, 5) is 11.4. The fourth-order valence-corrected chi connectivity index (χ4v) is 3.85. The van der Waals surface area contributed by atoms with Crippen molar-refractivity contribution < 1.29 is 9.34 Å². The fourth-order valence-electron chi connectivity index (χ4n) is 3.85. The van der Waals surface area contributed by atoms with Crippen LogP contribution in [0.25, 0.3) is 33.4 Å². The summed E-state index contributed by atoms with van der Waals surface area (Å²) in [7, 11) is 0. The summed E-state index contributed by atoms with van der Waals surface area (Å²) in [5, 5.41) is 12.7. The van der Waals surface area contributed by atoms with Crippen molar-refractivity contribution in [3.63, 3.8) is 0 Å². The fraction of sp³-hybridized carbons (Fsp3) is 0.167. The molecule has 0 N–H and O–H groups in total. The van der Waals surface area contributed by atoms with E-state index in [0.29, 0.717) is 11.1 Å². The van der Waals surface area contributed by atoms with E-state index in [9.17, 15) is 10.1 Å². The van der Waals surface area contributed by atoms with Crippen LogP contribution >= 0.6 is 0 Å². The Bertz CT molecular complexity index is 1160. The molecule has 0 unspecified atom stereocenters. The molecular formula is C24H21NO3. The second kappa shape index (κ2) is 6.97. The van der Waals surface area contributed by atoms with Gasteiger partial charge in [-0.15, -0.1) is 0 Å². The second-order valence-corrected chi connectivity index (χ2v) is 7.28. The molecule has 0 aliphatic carbocycles. The van der Waals surface area contributed by atoms with Crippen molar-refractivity contribution >= 4 is 16.7 Å². The quantitative estimate of drug-likeness (QED) is 0.284. The van der Waals surface area contributed by atoms with Gasteiger partial charge < -0.3 is 4.42 Å². The minimum Gasteiger partial charge on any atom is -0.455 e. The highest BCUT2D eigenvalue weighted by atomic mass is 16.6. The zero-order chi connectivity index (χ0) is 19.8. The molecule has 3 aromatic carbocycles. The number of nitrogens with zero attached hydrogens (tertiary/aromatic N) is 1. The summed E-state index contributed by atoms with van der Waals surface area (Å²) < 4.78 is 6.40. The molecule has 4 nitrogen and oxygen atoms in total. The van der Waals surface area contributed by atoms with Crippen molar-refractivity contribution in [2.75, 3.05) is 0 Å². The second-order valence-electron chi connectivity index (χ2n) is 7.28. The van der Waals surface area contributed by atoms with Crippen molar-refractivity contribution in [1.29, 1.82) is 0 Å². The van der Waals surface area contributed by atoms with Gasteiger partial charge >= 0.3 is 0 Å². The van der Waals surface area contributed by atoms with E-state index in [0.717, 1.165) is 33.4 Å². The summed E-state index contributed by atoms with van der Waals surface area (Å²) in [6.07, 6.45) is 0. The molecule has 4 heteroatoms. The van der Waals surface area contributed by atoms with Crippen molar-refractivity contribution in [2.45, 2.75) is 26.7 Å². The molecule has 0 radical (unpaired) electrons. The number of nitro benzene ring substituents is 1. The van der Waals surface area contributed by atoms with Gasteiger partial charge in [0, 0.05) is 22.6 Å². The normalized spacial score (nSPS) is 11.3. The average molecular weight is 371 g/mol. The van der Waals surface area contributed by atoms with Crippen LogP contribution in [-0.4, -0.2) is 4.92 Å². The van der Waals surface area contributed by atoms with Crippen LogP contribution in [0.3, 0.4) is 0 Å². The van der Waals surface area contributed by atoms with Crippen LogP contribution in [0.5, 0.6) is 0 Å². The first-order chi connectivity index (χ1) is 13.5. The van der Waals surface area contributed by atoms with E-state index in [1.165, 1.54) is 0 Å². The number of nitro groups is 1. The van der Waals surface area contributed by atoms with Gasteiger partial charge in [-0.05, 0) is 24.0 Å². The number of aryl methyl sites for hydroxylation is 1. The van der Waals surface area contributed by atoms with Crippen LogP contribution in [0.2, 0.25) is 0 Å². The van der Waals surface area contributed by atoms with Crippen LogP contribution < -0.4 is 0 Å². The lowest BCUT2D eigenvalue weighted by molar-refractivity contribution is -0.385. The van der Waals surface area contributed by atoms with Gasteiger partial charge in [-0.25, -0.2) is 0 Å². The number of furan rings is 1. The summed E-state index contributed by atoms with van der Waals surface area (Å²) in [6.45, 7) is 5.84. The standard InChI is InChI=1S/C24H21NO3/c1-15(2)20-19(25(26)27)14-16(3)21-22(17-10-6-4-7-11-17)23(28-24(20)21)18-12-8-5-9-13-18/h4-15H,1-3H3. The molecule has 0 spiro atoms. The third-order valence-electron chi connectivity index (χ3n) is 5.05. The number of fused-ring (bicyclic) bond motifs is 1. The number of rotatable bonds is 4. The van der Waals surface area contributed by atoms with Gasteiger partial charge in [-0.1, -0.05) is 74.5 Å². The first-order valence-electron chi connectivity index (χ1n) is 9.34. The van der Waals surface area contributed by atoms with E-state index in [1.54, 1.807) is 6.07 Å². The highest BCUT2D eigenvalue weighted by Crippen LogP contribution is 2.46. The van der Waals surface area contributed by atoms with Gasteiger partial charge in [0.25, 0.3) is 5.69 Å². The first kappa shape index (κ1) is 18.0. The van der Waals surface area contributed by atoms with Crippen LogP contribution in [0.15, 0.2) is 71.1 Å². The zero-order valence-corrected chi connectivity index (χ0v) is 16.1. The van der Waals surface area contributed by atoms with Crippen molar-refractivity contribution in [2.24, 2.45) is 0 Å². The summed E-state index contributed by atoms with van der Waals surface area (Å²) in [5.74, 6) is 0.703. The predicted octanol–water partition coefficient (Wildman–Crippen LogP) is 7.11. The van der Waals surface area contributed by atoms with Crippen LogP contribution in [0, 0.1) is 17.0 Å². The molecule has 0 atom stereocenters. The molecule has 1 aromatic heterocycles. The molecule has 0 bridgehead atoms. The summed E-state index contributed by atoms with van der Waals surface area (Å²) >= 11 is 0. The van der Waals surface area contributed by atoms with E-state index in [1.807, 2.05) is 81.4 Å². The first-order valence-corrected chi connectivity index (χ1v) is 9.34. The molecule has 4 rings (SSSR count). The largest absolute Gasteiger partial charge is 0.455 e. The van der Waals surface area contributed by atoms with Gasteiger partial charge in [0.05, 0.1) is 10.5 Å².